The van der Waals surface area contributed by atoms with Crippen molar-refractivity contribution in [2.45, 2.75) is 44.9 Å². The van der Waals surface area contributed by atoms with Crippen LogP contribution in [0.3, 0.4) is 0 Å². The second-order valence-corrected chi connectivity index (χ2v) is 7.17. The molecule has 0 aromatic heterocycles. The zero-order valence-electron chi connectivity index (χ0n) is 11.5. The predicted octanol–water partition coefficient (Wildman–Crippen LogP) is 4.58. The second-order valence-electron chi connectivity index (χ2n) is 6.25. The lowest BCUT2D eigenvalue weighted by Gasteiger charge is -2.45. The van der Waals surface area contributed by atoms with Gasteiger partial charge in [0, 0.05) is 17.6 Å². The van der Waals surface area contributed by atoms with Gasteiger partial charge in [0.1, 0.15) is 0 Å². The molecule has 2 N–H and O–H groups in total. The molecule has 1 spiro atoms. The Bertz CT molecular complexity index is 442. The Kier molecular flexibility index (Phi) is 3.75. The molecular weight excluding hydrogens is 300 g/mol. The van der Waals surface area contributed by atoms with Crippen molar-refractivity contribution in [2.24, 2.45) is 5.41 Å². The van der Waals surface area contributed by atoms with Gasteiger partial charge >= 0.3 is 0 Å². The van der Waals surface area contributed by atoms with E-state index in [1.165, 1.54) is 63.7 Å². The molecule has 19 heavy (non-hydrogen) atoms. The molecule has 2 fully saturated rings. The van der Waals surface area contributed by atoms with Crippen molar-refractivity contribution >= 4 is 27.3 Å². The quantitative estimate of drug-likeness (QED) is 0.766. The molecule has 0 unspecified atom stereocenters. The zero-order valence-corrected chi connectivity index (χ0v) is 13.1. The van der Waals surface area contributed by atoms with Crippen LogP contribution in [-0.4, -0.2) is 13.1 Å². The minimum atomic E-state index is 0.666. The Morgan fingerprint density at radius 1 is 1.00 bits per heavy atom. The van der Waals surface area contributed by atoms with E-state index in [9.17, 15) is 0 Å². The predicted molar refractivity (Wildman–Crippen MR) is 85.5 cm³/mol. The third kappa shape index (κ3) is 2.76. The Morgan fingerprint density at radius 2 is 1.68 bits per heavy atom. The first-order valence-corrected chi connectivity index (χ1v) is 8.28. The Balaban J connectivity index is 1.69. The van der Waals surface area contributed by atoms with Gasteiger partial charge in [0.15, 0.2) is 0 Å². The highest BCUT2D eigenvalue weighted by molar-refractivity contribution is 9.10. The molecule has 1 heterocycles. The summed E-state index contributed by atoms with van der Waals surface area (Å²) in [5.41, 5.74) is 8.93. The zero-order chi connectivity index (χ0) is 13.3. The molecule has 2 aliphatic rings. The number of rotatable bonds is 1. The van der Waals surface area contributed by atoms with Crippen molar-refractivity contribution in [2.75, 3.05) is 23.7 Å². The van der Waals surface area contributed by atoms with Crippen LogP contribution in [0.1, 0.15) is 44.9 Å². The summed E-state index contributed by atoms with van der Waals surface area (Å²) in [7, 11) is 0. The molecule has 1 aliphatic carbocycles. The molecule has 0 atom stereocenters. The largest absolute Gasteiger partial charge is 0.397 e. The number of nitrogen functional groups attached to an aromatic ring is 1. The number of benzene rings is 1. The van der Waals surface area contributed by atoms with Crippen LogP contribution in [0.5, 0.6) is 0 Å². The van der Waals surface area contributed by atoms with E-state index in [4.69, 9.17) is 5.73 Å². The second kappa shape index (κ2) is 5.35. The third-order valence-corrected chi connectivity index (χ3v) is 5.56. The van der Waals surface area contributed by atoms with E-state index in [0.717, 1.165) is 10.2 Å². The molecule has 1 saturated carbocycles. The highest BCUT2D eigenvalue weighted by atomic mass is 79.9. The van der Waals surface area contributed by atoms with Gasteiger partial charge in [-0.3, -0.25) is 0 Å². The molecule has 104 valence electrons. The summed E-state index contributed by atoms with van der Waals surface area (Å²) >= 11 is 3.48. The maximum atomic E-state index is 6.15. The molecule has 1 aliphatic heterocycles. The Hall–Kier alpha value is -0.700. The minimum Gasteiger partial charge on any atom is -0.397 e. The number of piperidine rings is 1. The van der Waals surface area contributed by atoms with E-state index in [1.54, 1.807) is 0 Å². The molecular formula is C16H23BrN2. The molecule has 1 aromatic carbocycles. The first kappa shape index (κ1) is 13.3. The lowest BCUT2D eigenvalue weighted by atomic mass is 9.68. The van der Waals surface area contributed by atoms with Crippen LogP contribution < -0.4 is 10.6 Å². The molecule has 3 rings (SSSR count). The number of hydrogen-bond donors (Lipinski definition) is 1. The van der Waals surface area contributed by atoms with Crippen molar-refractivity contribution in [3.63, 3.8) is 0 Å². The van der Waals surface area contributed by atoms with Gasteiger partial charge in [-0.05, 0) is 49.3 Å². The number of nitrogens with two attached hydrogens (primary N) is 1. The van der Waals surface area contributed by atoms with Crippen LogP contribution in [0.25, 0.3) is 0 Å². The summed E-state index contributed by atoms with van der Waals surface area (Å²) in [6.07, 6.45) is 9.95. The fourth-order valence-electron chi connectivity index (χ4n) is 3.84. The number of anilines is 2. The van der Waals surface area contributed by atoms with E-state index in [1.807, 2.05) is 6.07 Å². The highest BCUT2D eigenvalue weighted by Gasteiger charge is 2.35. The van der Waals surface area contributed by atoms with E-state index in [2.05, 4.69) is 33.0 Å². The molecule has 3 heteroatoms. The van der Waals surface area contributed by atoms with Crippen molar-refractivity contribution < 1.29 is 0 Å². The maximum Gasteiger partial charge on any atom is 0.0600 e. The number of nitrogens with zero attached hydrogens (tertiary/aromatic N) is 1. The van der Waals surface area contributed by atoms with Crippen LogP contribution in [0.15, 0.2) is 22.7 Å². The van der Waals surface area contributed by atoms with Gasteiger partial charge in [0.25, 0.3) is 0 Å². The molecule has 0 radical (unpaired) electrons. The van der Waals surface area contributed by atoms with E-state index >= 15 is 0 Å². The van der Waals surface area contributed by atoms with Gasteiger partial charge < -0.3 is 10.6 Å². The fourth-order valence-corrected chi connectivity index (χ4v) is 4.22. The lowest BCUT2D eigenvalue weighted by molar-refractivity contribution is 0.144. The van der Waals surface area contributed by atoms with Crippen molar-refractivity contribution in [3.05, 3.63) is 22.7 Å². The lowest BCUT2D eigenvalue weighted by Crippen LogP contribution is -2.41. The molecule has 0 amide bonds. The smallest absolute Gasteiger partial charge is 0.0600 e. The Morgan fingerprint density at radius 3 is 2.32 bits per heavy atom. The van der Waals surface area contributed by atoms with Gasteiger partial charge in [-0.25, -0.2) is 0 Å². The van der Waals surface area contributed by atoms with Crippen LogP contribution in [0.4, 0.5) is 11.4 Å². The third-order valence-electron chi connectivity index (χ3n) is 5.07. The van der Waals surface area contributed by atoms with Gasteiger partial charge in [-0.2, -0.15) is 0 Å². The van der Waals surface area contributed by atoms with Crippen molar-refractivity contribution in [1.82, 2.24) is 0 Å². The van der Waals surface area contributed by atoms with Crippen molar-refractivity contribution in [1.29, 1.82) is 0 Å². The summed E-state index contributed by atoms with van der Waals surface area (Å²) in [6.45, 7) is 2.34. The van der Waals surface area contributed by atoms with Gasteiger partial charge in [-0.1, -0.05) is 35.2 Å². The summed E-state index contributed by atoms with van der Waals surface area (Å²) in [5, 5.41) is 0. The van der Waals surface area contributed by atoms with Gasteiger partial charge in [-0.15, -0.1) is 0 Å². The van der Waals surface area contributed by atoms with E-state index in [-0.39, 0.29) is 0 Å². The number of hydrogen-bond acceptors (Lipinski definition) is 2. The van der Waals surface area contributed by atoms with Crippen LogP contribution >= 0.6 is 15.9 Å². The van der Waals surface area contributed by atoms with Gasteiger partial charge in [0.2, 0.25) is 0 Å². The minimum absolute atomic E-state index is 0.666. The van der Waals surface area contributed by atoms with Crippen molar-refractivity contribution in [3.8, 4) is 0 Å². The SMILES string of the molecule is Nc1cc(Br)ccc1N1CCC2(CCCCC2)CC1. The Labute approximate surface area is 124 Å². The first-order valence-electron chi connectivity index (χ1n) is 7.49. The number of halogens is 1. The fraction of sp³-hybridized carbons (Fsp3) is 0.625. The molecule has 1 saturated heterocycles. The topological polar surface area (TPSA) is 29.3 Å². The van der Waals surface area contributed by atoms with Crippen LogP contribution in [-0.2, 0) is 0 Å². The first-order chi connectivity index (χ1) is 9.19. The molecule has 1 aromatic rings. The summed E-state index contributed by atoms with van der Waals surface area (Å²) < 4.78 is 1.06. The summed E-state index contributed by atoms with van der Waals surface area (Å²) in [5.74, 6) is 0. The molecule has 2 nitrogen and oxygen atoms in total. The normalized spacial score (nSPS) is 22.7. The standard InChI is InChI=1S/C16H23BrN2/c17-13-4-5-15(14(18)12-13)19-10-8-16(9-11-19)6-2-1-3-7-16/h4-5,12H,1-3,6-11,18H2. The van der Waals surface area contributed by atoms with E-state index in [0.29, 0.717) is 5.41 Å². The van der Waals surface area contributed by atoms with E-state index < -0.39 is 0 Å². The summed E-state index contributed by atoms with van der Waals surface area (Å²) in [6, 6.07) is 6.26. The summed E-state index contributed by atoms with van der Waals surface area (Å²) in [4.78, 5) is 2.47. The average Bonchev–Trinajstić information content (AvgIpc) is 2.41. The highest BCUT2D eigenvalue weighted by Crippen LogP contribution is 2.45. The van der Waals surface area contributed by atoms with Gasteiger partial charge in [0.05, 0.1) is 11.4 Å². The van der Waals surface area contributed by atoms with Crippen LogP contribution in [0, 0.1) is 5.41 Å². The molecule has 0 bridgehead atoms. The maximum absolute atomic E-state index is 6.15. The van der Waals surface area contributed by atoms with Crippen LogP contribution in [0.2, 0.25) is 0 Å². The average molecular weight is 323 g/mol. The monoisotopic (exact) mass is 322 g/mol.